The van der Waals surface area contributed by atoms with Crippen LogP contribution in [0.15, 0.2) is 30.0 Å². The highest BCUT2D eigenvalue weighted by atomic mass is 16.3. The van der Waals surface area contributed by atoms with E-state index in [0.29, 0.717) is 12.1 Å². The van der Waals surface area contributed by atoms with E-state index in [1.807, 2.05) is 19.1 Å². The fraction of sp³-hybridized carbons (Fsp3) is 0.389. The molecule has 1 aromatic rings. The molecule has 2 N–H and O–H groups in total. The van der Waals surface area contributed by atoms with Gasteiger partial charge in [-0.15, -0.1) is 0 Å². The van der Waals surface area contributed by atoms with Crippen molar-refractivity contribution in [3.8, 4) is 0 Å². The van der Waals surface area contributed by atoms with E-state index in [0.717, 1.165) is 35.5 Å². The predicted molar refractivity (Wildman–Crippen MR) is 92.9 cm³/mol. The van der Waals surface area contributed by atoms with E-state index in [1.54, 1.807) is 11.0 Å². The van der Waals surface area contributed by atoms with Gasteiger partial charge in [0.2, 0.25) is 5.91 Å². The van der Waals surface area contributed by atoms with Gasteiger partial charge in [0.05, 0.1) is 13.2 Å². The van der Waals surface area contributed by atoms with Crippen LogP contribution in [0.1, 0.15) is 24.8 Å². The maximum absolute atomic E-state index is 12.2. The van der Waals surface area contributed by atoms with Crippen molar-refractivity contribution in [2.24, 2.45) is 0 Å². The Morgan fingerprint density at radius 1 is 1.20 bits per heavy atom. The van der Waals surface area contributed by atoms with E-state index >= 15 is 0 Å². The van der Waals surface area contributed by atoms with Gasteiger partial charge in [-0.3, -0.25) is 19.3 Å². The number of nitrogens with zero attached hydrogens (tertiary/aromatic N) is 2. The molecule has 2 heterocycles. The number of imide groups is 1. The van der Waals surface area contributed by atoms with Crippen molar-refractivity contribution in [2.45, 2.75) is 26.2 Å². The van der Waals surface area contributed by atoms with Crippen LogP contribution in [-0.4, -0.2) is 47.4 Å². The zero-order chi connectivity index (χ0) is 18.0. The molecule has 7 heteroatoms. The number of rotatable bonds is 5. The van der Waals surface area contributed by atoms with Gasteiger partial charge in [0.15, 0.2) is 0 Å². The van der Waals surface area contributed by atoms with Crippen LogP contribution in [0.5, 0.6) is 0 Å². The molecule has 3 amide bonds. The van der Waals surface area contributed by atoms with Crippen LogP contribution in [0.4, 0.5) is 11.4 Å². The number of aryl methyl sites for hydroxylation is 1. The molecule has 0 aliphatic carbocycles. The van der Waals surface area contributed by atoms with Crippen LogP contribution in [0.25, 0.3) is 0 Å². The molecule has 0 spiro atoms. The Bertz CT molecular complexity index is 757. The van der Waals surface area contributed by atoms with Gasteiger partial charge in [-0.25, -0.2) is 0 Å². The Morgan fingerprint density at radius 3 is 2.68 bits per heavy atom. The maximum Gasteiger partial charge on any atom is 0.277 e. The van der Waals surface area contributed by atoms with E-state index in [2.05, 4.69) is 5.32 Å². The molecule has 1 saturated heterocycles. The SMILES string of the molecule is Cc1cc(NC2=CC(=O)N(CCO)C2=O)ccc1N1CCCCC1=O. The fourth-order valence-corrected chi connectivity index (χ4v) is 3.16. The average molecular weight is 343 g/mol. The molecule has 1 aromatic carbocycles. The molecule has 0 atom stereocenters. The van der Waals surface area contributed by atoms with Gasteiger partial charge in [-0.1, -0.05) is 0 Å². The molecule has 0 bridgehead atoms. The number of hydrogen-bond acceptors (Lipinski definition) is 5. The number of β-amino-alcohol motifs (C(OH)–C–C–N with tert-alkyl or cyclic N) is 1. The first-order chi connectivity index (χ1) is 12.0. The minimum absolute atomic E-state index is 0.0195. The number of amides is 3. The first-order valence-corrected chi connectivity index (χ1v) is 8.37. The monoisotopic (exact) mass is 343 g/mol. The summed E-state index contributed by atoms with van der Waals surface area (Å²) in [4.78, 5) is 38.8. The number of nitrogens with one attached hydrogen (secondary N) is 1. The normalized spacial score (nSPS) is 18.0. The topological polar surface area (TPSA) is 90.0 Å². The third kappa shape index (κ3) is 3.41. The fourth-order valence-electron chi connectivity index (χ4n) is 3.16. The standard InChI is InChI=1S/C18H21N3O4/c1-12-10-13(5-6-15(12)20-7-3-2-4-16(20)23)19-14-11-17(24)21(8-9-22)18(14)25/h5-6,10-11,19,22H,2-4,7-9H2,1H3. The van der Waals surface area contributed by atoms with E-state index in [4.69, 9.17) is 5.11 Å². The number of piperidine rings is 1. The van der Waals surface area contributed by atoms with Crippen molar-refractivity contribution in [2.75, 3.05) is 29.9 Å². The van der Waals surface area contributed by atoms with E-state index in [9.17, 15) is 14.4 Å². The third-order valence-corrected chi connectivity index (χ3v) is 4.42. The summed E-state index contributed by atoms with van der Waals surface area (Å²) < 4.78 is 0. The summed E-state index contributed by atoms with van der Waals surface area (Å²) in [7, 11) is 0. The molecule has 2 aliphatic rings. The van der Waals surface area contributed by atoms with Gasteiger partial charge in [-0.2, -0.15) is 0 Å². The van der Waals surface area contributed by atoms with E-state index in [-0.39, 0.29) is 24.8 Å². The summed E-state index contributed by atoms with van der Waals surface area (Å²) in [5, 5.41) is 11.9. The molecular formula is C18H21N3O4. The molecule has 1 fully saturated rings. The van der Waals surface area contributed by atoms with Gasteiger partial charge >= 0.3 is 0 Å². The molecular weight excluding hydrogens is 322 g/mol. The van der Waals surface area contributed by atoms with Crippen molar-refractivity contribution in [1.29, 1.82) is 0 Å². The van der Waals surface area contributed by atoms with Gasteiger partial charge < -0.3 is 15.3 Å². The van der Waals surface area contributed by atoms with Crippen LogP contribution in [-0.2, 0) is 14.4 Å². The molecule has 0 saturated carbocycles. The number of carbonyl (C=O) groups excluding carboxylic acids is 3. The van der Waals surface area contributed by atoms with Crippen LogP contribution >= 0.6 is 0 Å². The highest BCUT2D eigenvalue weighted by Gasteiger charge is 2.30. The summed E-state index contributed by atoms with van der Waals surface area (Å²) in [6.07, 6.45) is 3.73. The zero-order valence-corrected chi connectivity index (χ0v) is 14.1. The summed E-state index contributed by atoms with van der Waals surface area (Å²) in [6, 6.07) is 5.50. The van der Waals surface area contributed by atoms with E-state index in [1.165, 1.54) is 6.08 Å². The second-order valence-electron chi connectivity index (χ2n) is 6.21. The highest BCUT2D eigenvalue weighted by molar-refractivity contribution is 6.17. The Kier molecular flexibility index (Phi) is 4.85. The largest absolute Gasteiger partial charge is 0.395 e. The summed E-state index contributed by atoms with van der Waals surface area (Å²) in [6.45, 7) is 2.35. The minimum Gasteiger partial charge on any atom is -0.395 e. The minimum atomic E-state index is -0.452. The molecule has 2 aliphatic heterocycles. The Morgan fingerprint density at radius 2 is 2.00 bits per heavy atom. The molecule has 0 aromatic heterocycles. The molecule has 25 heavy (non-hydrogen) atoms. The lowest BCUT2D eigenvalue weighted by molar-refractivity contribution is -0.137. The number of carbonyl (C=O) groups is 3. The second kappa shape index (κ2) is 7.06. The van der Waals surface area contributed by atoms with Crippen LogP contribution in [0, 0.1) is 6.92 Å². The van der Waals surface area contributed by atoms with Gasteiger partial charge in [0.1, 0.15) is 5.70 Å². The number of benzene rings is 1. The average Bonchev–Trinajstić information content (AvgIpc) is 2.84. The predicted octanol–water partition coefficient (Wildman–Crippen LogP) is 1.17. The second-order valence-corrected chi connectivity index (χ2v) is 6.21. The van der Waals surface area contributed by atoms with Crippen molar-refractivity contribution >= 4 is 29.1 Å². The Hall–Kier alpha value is -2.67. The molecule has 3 rings (SSSR count). The molecule has 132 valence electrons. The third-order valence-electron chi connectivity index (χ3n) is 4.42. The number of hydrogen-bond donors (Lipinski definition) is 2. The van der Waals surface area contributed by atoms with Crippen LogP contribution in [0.2, 0.25) is 0 Å². The zero-order valence-electron chi connectivity index (χ0n) is 14.1. The lowest BCUT2D eigenvalue weighted by atomic mass is 10.1. The summed E-state index contributed by atoms with van der Waals surface area (Å²) in [5.74, 6) is -0.755. The van der Waals surface area contributed by atoms with Crippen molar-refractivity contribution < 1.29 is 19.5 Å². The Labute approximate surface area is 145 Å². The molecule has 0 unspecified atom stereocenters. The summed E-state index contributed by atoms with van der Waals surface area (Å²) >= 11 is 0. The van der Waals surface area contributed by atoms with E-state index < -0.39 is 11.8 Å². The van der Waals surface area contributed by atoms with Crippen molar-refractivity contribution in [3.63, 3.8) is 0 Å². The van der Waals surface area contributed by atoms with Gasteiger partial charge in [0, 0.05) is 30.4 Å². The van der Waals surface area contributed by atoms with Gasteiger partial charge in [0.25, 0.3) is 11.8 Å². The van der Waals surface area contributed by atoms with Crippen LogP contribution in [0.3, 0.4) is 0 Å². The number of aliphatic hydroxyl groups excluding tert-OH is 1. The molecule has 0 radical (unpaired) electrons. The quantitative estimate of drug-likeness (QED) is 0.783. The number of aliphatic hydroxyl groups is 1. The number of anilines is 2. The van der Waals surface area contributed by atoms with Gasteiger partial charge in [-0.05, 0) is 43.5 Å². The lowest BCUT2D eigenvalue weighted by Gasteiger charge is -2.28. The smallest absolute Gasteiger partial charge is 0.277 e. The van der Waals surface area contributed by atoms with Crippen LogP contribution < -0.4 is 10.2 Å². The first kappa shape index (κ1) is 17.2. The summed E-state index contributed by atoms with van der Waals surface area (Å²) in [5.41, 5.74) is 2.65. The maximum atomic E-state index is 12.2. The van der Waals surface area contributed by atoms with Crippen molar-refractivity contribution in [1.82, 2.24) is 4.90 Å². The Balaban J connectivity index is 1.76. The van der Waals surface area contributed by atoms with Crippen molar-refractivity contribution in [3.05, 3.63) is 35.5 Å². The first-order valence-electron chi connectivity index (χ1n) is 8.37. The molecule has 7 nitrogen and oxygen atoms in total. The lowest BCUT2D eigenvalue weighted by Crippen LogP contribution is -2.35. The highest BCUT2D eigenvalue weighted by Crippen LogP contribution is 2.28.